The first kappa shape index (κ1) is 16.5. The Kier molecular flexibility index (Phi) is 4.88. The Balaban J connectivity index is 2.05. The second-order valence-corrected chi connectivity index (χ2v) is 5.77. The molecule has 3 nitrogen and oxygen atoms in total. The number of rotatable bonds is 4. The maximum absolute atomic E-state index is 12.7. The van der Waals surface area contributed by atoms with Gasteiger partial charge in [-0.1, -0.05) is 18.6 Å². The molecule has 1 N–H and O–H groups in total. The van der Waals surface area contributed by atoms with E-state index in [9.17, 15) is 22.8 Å². The quantitative estimate of drug-likeness (QED) is 0.849. The Labute approximate surface area is 126 Å². The van der Waals surface area contributed by atoms with Gasteiger partial charge in [0.25, 0.3) is 0 Å². The Hall–Kier alpha value is -1.85. The number of halogens is 3. The predicted octanol–water partition coefficient (Wildman–Crippen LogP) is 4.17. The Morgan fingerprint density at radius 2 is 1.95 bits per heavy atom. The van der Waals surface area contributed by atoms with Gasteiger partial charge < -0.3 is 5.11 Å². The van der Waals surface area contributed by atoms with E-state index in [1.54, 1.807) is 0 Å². The summed E-state index contributed by atoms with van der Waals surface area (Å²) in [6, 6.07) is 4.38. The molecule has 0 saturated heterocycles. The Morgan fingerprint density at radius 1 is 1.23 bits per heavy atom. The van der Waals surface area contributed by atoms with E-state index < -0.39 is 23.6 Å². The van der Waals surface area contributed by atoms with Crippen molar-refractivity contribution in [2.75, 3.05) is 0 Å². The smallest absolute Gasteiger partial charge is 0.416 e. The highest BCUT2D eigenvalue weighted by atomic mass is 19.4. The van der Waals surface area contributed by atoms with Crippen molar-refractivity contribution in [3.8, 4) is 0 Å². The monoisotopic (exact) mass is 314 g/mol. The maximum Gasteiger partial charge on any atom is 0.416 e. The van der Waals surface area contributed by atoms with Gasteiger partial charge in [-0.3, -0.25) is 9.59 Å². The molecule has 0 aliphatic heterocycles. The lowest BCUT2D eigenvalue weighted by atomic mass is 9.78. The van der Waals surface area contributed by atoms with Gasteiger partial charge in [-0.05, 0) is 37.3 Å². The molecule has 0 spiro atoms. The summed E-state index contributed by atoms with van der Waals surface area (Å²) < 4.78 is 38.0. The molecule has 0 aromatic heterocycles. The van der Waals surface area contributed by atoms with Crippen LogP contribution in [0.15, 0.2) is 24.3 Å². The largest absolute Gasteiger partial charge is 0.481 e. The van der Waals surface area contributed by atoms with Crippen LogP contribution in [0.1, 0.15) is 48.0 Å². The lowest BCUT2D eigenvalue weighted by molar-refractivity contribution is -0.143. The van der Waals surface area contributed by atoms with E-state index in [2.05, 4.69) is 0 Å². The van der Waals surface area contributed by atoms with Gasteiger partial charge in [-0.2, -0.15) is 13.2 Å². The van der Waals surface area contributed by atoms with Crippen LogP contribution in [0, 0.1) is 11.8 Å². The van der Waals surface area contributed by atoms with E-state index in [1.165, 1.54) is 12.1 Å². The first-order valence-electron chi connectivity index (χ1n) is 7.20. The van der Waals surface area contributed by atoms with E-state index in [4.69, 9.17) is 5.11 Å². The highest BCUT2D eigenvalue weighted by Gasteiger charge is 2.32. The van der Waals surface area contributed by atoms with Crippen molar-refractivity contribution in [3.63, 3.8) is 0 Å². The van der Waals surface area contributed by atoms with Crippen LogP contribution in [-0.4, -0.2) is 16.9 Å². The number of alkyl halides is 3. The van der Waals surface area contributed by atoms with E-state index in [-0.39, 0.29) is 23.7 Å². The fourth-order valence-electron chi connectivity index (χ4n) is 2.95. The number of aliphatic carboxylic acids is 1. The van der Waals surface area contributed by atoms with Crippen molar-refractivity contribution >= 4 is 11.8 Å². The summed E-state index contributed by atoms with van der Waals surface area (Å²) in [4.78, 5) is 23.2. The van der Waals surface area contributed by atoms with Crippen LogP contribution in [0.3, 0.4) is 0 Å². The van der Waals surface area contributed by atoms with Crippen LogP contribution < -0.4 is 0 Å². The first-order chi connectivity index (χ1) is 10.3. The molecule has 1 saturated carbocycles. The number of carboxylic acids is 1. The zero-order valence-electron chi connectivity index (χ0n) is 11.9. The highest BCUT2D eigenvalue weighted by Crippen LogP contribution is 2.33. The summed E-state index contributed by atoms with van der Waals surface area (Å²) in [5.41, 5.74) is -0.808. The number of Topliss-reactive ketones (excluding diaryl/α,β-unsaturated/α-hetero) is 1. The molecule has 22 heavy (non-hydrogen) atoms. The van der Waals surface area contributed by atoms with E-state index in [0.717, 1.165) is 25.0 Å². The van der Waals surface area contributed by atoms with Gasteiger partial charge in [0, 0.05) is 12.0 Å². The summed E-state index contributed by atoms with van der Waals surface area (Å²) in [5, 5.41) is 9.02. The molecule has 1 fully saturated rings. The summed E-state index contributed by atoms with van der Waals surface area (Å²) in [6.45, 7) is 0. The van der Waals surface area contributed by atoms with Gasteiger partial charge in [-0.25, -0.2) is 0 Å². The molecule has 120 valence electrons. The standard InChI is InChI=1S/C16H17F3O3/c17-16(18,19)13-6-2-4-11(9-13)14(20)8-10-3-1-5-12(7-10)15(21)22/h2,4,6,9-10,12H,1,3,5,7-8H2,(H,21,22). The number of carbonyl (C=O) groups is 2. The molecule has 6 heteroatoms. The van der Waals surface area contributed by atoms with Gasteiger partial charge >= 0.3 is 12.1 Å². The van der Waals surface area contributed by atoms with Crippen molar-refractivity contribution < 1.29 is 27.9 Å². The normalized spacial score (nSPS) is 22.3. The minimum atomic E-state index is -4.48. The molecule has 2 atom stereocenters. The van der Waals surface area contributed by atoms with Crippen LogP contribution in [-0.2, 0) is 11.0 Å². The second-order valence-electron chi connectivity index (χ2n) is 5.77. The van der Waals surface area contributed by atoms with Crippen molar-refractivity contribution in [2.24, 2.45) is 11.8 Å². The minimum absolute atomic E-state index is 0.0345. The number of carbonyl (C=O) groups excluding carboxylic acids is 1. The minimum Gasteiger partial charge on any atom is -0.481 e. The zero-order valence-corrected chi connectivity index (χ0v) is 11.9. The third kappa shape index (κ3) is 4.08. The van der Waals surface area contributed by atoms with Gasteiger partial charge in [0.2, 0.25) is 0 Å². The van der Waals surface area contributed by atoms with Crippen LogP contribution in [0.5, 0.6) is 0 Å². The lowest BCUT2D eigenvalue weighted by Crippen LogP contribution is -2.24. The van der Waals surface area contributed by atoms with Crippen LogP contribution >= 0.6 is 0 Å². The van der Waals surface area contributed by atoms with Gasteiger partial charge in [0.1, 0.15) is 0 Å². The predicted molar refractivity (Wildman–Crippen MR) is 73.5 cm³/mol. The molecular formula is C16H17F3O3. The summed E-state index contributed by atoms with van der Waals surface area (Å²) in [7, 11) is 0. The SMILES string of the molecule is O=C(CC1CCCC(C(=O)O)C1)c1cccc(C(F)(F)F)c1. The number of ketones is 1. The highest BCUT2D eigenvalue weighted by molar-refractivity contribution is 5.96. The molecule has 0 heterocycles. The molecule has 1 aliphatic rings. The van der Waals surface area contributed by atoms with Gasteiger partial charge in [-0.15, -0.1) is 0 Å². The van der Waals surface area contributed by atoms with Crippen molar-refractivity contribution in [2.45, 2.75) is 38.3 Å². The van der Waals surface area contributed by atoms with E-state index in [0.29, 0.717) is 12.8 Å². The summed E-state index contributed by atoms with van der Waals surface area (Å²) in [6.07, 6.45) is -1.88. The number of hydrogen-bond donors (Lipinski definition) is 1. The molecule has 1 aromatic rings. The third-order valence-corrected chi connectivity index (χ3v) is 4.12. The molecule has 0 radical (unpaired) electrons. The molecule has 2 unspecified atom stereocenters. The van der Waals surface area contributed by atoms with Crippen LogP contribution in [0.2, 0.25) is 0 Å². The van der Waals surface area contributed by atoms with E-state index >= 15 is 0 Å². The average Bonchev–Trinajstić information content (AvgIpc) is 2.46. The second kappa shape index (κ2) is 6.50. The third-order valence-electron chi connectivity index (χ3n) is 4.12. The summed E-state index contributed by atoms with van der Waals surface area (Å²) in [5.74, 6) is -1.75. The van der Waals surface area contributed by atoms with Crippen molar-refractivity contribution in [1.82, 2.24) is 0 Å². The molecule has 0 amide bonds. The molecule has 1 aliphatic carbocycles. The van der Waals surface area contributed by atoms with Crippen LogP contribution in [0.25, 0.3) is 0 Å². The fraction of sp³-hybridized carbons (Fsp3) is 0.500. The van der Waals surface area contributed by atoms with Gasteiger partial charge in [0.05, 0.1) is 11.5 Å². The lowest BCUT2D eigenvalue weighted by Gasteiger charge is -2.26. The number of hydrogen-bond acceptors (Lipinski definition) is 2. The van der Waals surface area contributed by atoms with Crippen molar-refractivity contribution in [1.29, 1.82) is 0 Å². The molecule has 2 rings (SSSR count). The maximum atomic E-state index is 12.7. The van der Waals surface area contributed by atoms with Crippen molar-refractivity contribution in [3.05, 3.63) is 35.4 Å². The first-order valence-corrected chi connectivity index (χ1v) is 7.20. The Morgan fingerprint density at radius 3 is 2.59 bits per heavy atom. The number of benzene rings is 1. The fourth-order valence-corrected chi connectivity index (χ4v) is 2.95. The van der Waals surface area contributed by atoms with E-state index in [1.807, 2.05) is 0 Å². The molecule has 0 bridgehead atoms. The topological polar surface area (TPSA) is 54.4 Å². The number of carboxylic acid groups (broad SMARTS) is 1. The average molecular weight is 314 g/mol. The molecular weight excluding hydrogens is 297 g/mol. The van der Waals surface area contributed by atoms with Gasteiger partial charge in [0.15, 0.2) is 5.78 Å². The zero-order chi connectivity index (χ0) is 16.3. The summed E-state index contributed by atoms with van der Waals surface area (Å²) >= 11 is 0. The Bertz CT molecular complexity index is 566. The van der Waals surface area contributed by atoms with Crippen LogP contribution in [0.4, 0.5) is 13.2 Å². The molecule has 1 aromatic carbocycles.